The number of phenols is 2. The standard InChI is InChI=1S/C18H20ClNO2.BrH/c1-11-4-3-5-12(8-11)15-10-20(2)7-6-13-14(15)9-16(21)18(22)17(13)19;/h3-5,8-9,15,21-22H,6-7,10H2,1-2H3;1H. The van der Waals surface area contributed by atoms with Crippen molar-refractivity contribution in [3.63, 3.8) is 0 Å². The van der Waals surface area contributed by atoms with E-state index in [1.807, 2.05) is 0 Å². The fraction of sp³-hybridized carbons (Fsp3) is 0.333. The largest absolute Gasteiger partial charge is 0.504 e. The third-order valence-electron chi connectivity index (χ3n) is 4.41. The van der Waals surface area contributed by atoms with Crippen molar-refractivity contribution >= 4 is 28.6 Å². The topological polar surface area (TPSA) is 43.7 Å². The summed E-state index contributed by atoms with van der Waals surface area (Å²) < 4.78 is 0. The van der Waals surface area contributed by atoms with Crippen LogP contribution in [0.25, 0.3) is 0 Å². The predicted molar refractivity (Wildman–Crippen MR) is 99.3 cm³/mol. The van der Waals surface area contributed by atoms with E-state index >= 15 is 0 Å². The fourth-order valence-electron chi connectivity index (χ4n) is 3.23. The van der Waals surface area contributed by atoms with Gasteiger partial charge in [0, 0.05) is 19.0 Å². The maximum atomic E-state index is 9.99. The zero-order valence-electron chi connectivity index (χ0n) is 13.2. The number of fused-ring (bicyclic) bond motifs is 1. The summed E-state index contributed by atoms with van der Waals surface area (Å²) in [5, 5.41) is 20.2. The molecule has 1 unspecified atom stereocenters. The van der Waals surface area contributed by atoms with Gasteiger partial charge in [0.15, 0.2) is 11.5 Å². The Morgan fingerprint density at radius 1 is 1.22 bits per heavy atom. The lowest BCUT2D eigenvalue weighted by atomic mass is 9.87. The van der Waals surface area contributed by atoms with Crippen LogP contribution in [0.1, 0.15) is 28.2 Å². The summed E-state index contributed by atoms with van der Waals surface area (Å²) in [6, 6.07) is 10.1. The van der Waals surface area contributed by atoms with E-state index in [1.54, 1.807) is 6.07 Å². The molecule has 1 atom stereocenters. The Hall–Kier alpha value is -1.23. The maximum absolute atomic E-state index is 9.99. The lowest BCUT2D eigenvalue weighted by molar-refractivity contribution is 0.338. The van der Waals surface area contributed by atoms with E-state index in [4.69, 9.17) is 11.6 Å². The number of benzene rings is 2. The fourth-order valence-corrected chi connectivity index (χ4v) is 3.53. The molecule has 0 saturated carbocycles. The van der Waals surface area contributed by atoms with Crippen molar-refractivity contribution in [1.82, 2.24) is 4.90 Å². The molecule has 3 rings (SSSR count). The SMILES string of the molecule is Br.Cc1cccc(C2CN(C)CCc3c2cc(O)c(O)c3Cl)c1. The third kappa shape index (κ3) is 3.49. The molecule has 0 bridgehead atoms. The maximum Gasteiger partial charge on any atom is 0.176 e. The molecular weight excluding hydrogens is 378 g/mol. The Bertz CT molecular complexity index is 720. The second-order valence-corrected chi connectivity index (χ2v) is 6.48. The highest BCUT2D eigenvalue weighted by molar-refractivity contribution is 8.93. The number of aryl methyl sites for hydroxylation is 1. The molecular formula is C18H21BrClNO2. The summed E-state index contributed by atoms with van der Waals surface area (Å²) in [5.74, 6) is -0.231. The average molecular weight is 399 g/mol. The minimum atomic E-state index is -0.215. The molecule has 0 aliphatic carbocycles. The number of aromatic hydroxyl groups is 2. The van der Waals surface area contributed by atoms with Crippen LogP contribution >= 0.6 is 28.6 Å². The van der Waals surface area contributed by atoms with Crippen molar-refractivity contribution in [2.24, 2.45) is 0 Å². The first kappa shape index (κ1) is 18.1. The van der Waals surface area contributed by atoms with Gasteiger partial charge in [-0.05, 0) is 43.1 Å². The van der Waals surface area contributed by atoms with Gasteiger partial charge in [-0.3, -0.25) is 0 Å². The first-order valence-corrected chi connectivity index (χ1v) is 7.83. The molecule has 2 aromatic rings. The summed E-state index contributed by atoms with van der Waals surface area (Å²) in [4.78, 5) is 2.26. The zero-order chi connectivity index (χ0) is 15.9. The second kappa shape index (κ2) is 7.12. The summed E-state index contributed by atoms with van der Waals surface area (Å²) in [5.41, 5.74) is 4.36. The lowest BCUT2D eigenvalue weighted by Crippen LogP contribution is -2.24. The van der Waals surface area contributed by atoms with Gasteiger partial charge in [0.25, 0.3) is 0 Å². The lowest BCUT2D eigenvalue weighted by Gasteiger charge is -2.23. The Kier molecular flexibility index (Phi) is 5.61. The quantitative estimate of drug-likeness (QED) is 0.706. The molecule has 1 heterocycles. The molecule has 0 aromatic heterocycles. The highest BCUT2D eigenvalue weighted by Gasteiger charge is 2.27. The van der Waals surface area contributed by atoms with E-state index in [-0.39, 0.29) is 39.4 Å². The predicted octanol–water partition coefficient (Wildman–Crippen LogP) is 4.26. The molecule has 2 N–H and O–H groups in total. The highest BCUT2D eigenvalue weighted by atomic mass is 79.9. The van der Waals surface area contributed by atoms with Crippen LogP contribution in [0.4, 0.5) is 0 Å². The van der Waals surface area contributed by atoms with Crippen LogP contribution in [0.2, 0.25) is 5.02 Å². The van der Waals surface area contributed by atoms with E-state index in [0.717, 1.165) is 30.6 Å². The molecule has 23 heavy (non-hydrogen) atoms. The number of hydrogen-bond acceptors (Lipinski definition) is 3. The Balaban J connectivity index is 0.00000192. The van der Waals surface area contributed by atoms with Crippen LogP contribution in [0, 0.1) is 6.92 Å². The van der Waals surface area contributed by atoms with Crippen LogP contribution < -0.4 is 0 Å². The highest BCUT2D eigenvalue weighted by Crippen LogP contribution is 2.43. The number of halogens is 2. The number of phenolic OH excluding ortho intramolecular Hbond substituents is 2. The van der Waals surface area contributed by atoms with E-state index in [9.17, 15) is 10.2 Å². The average Bonchev–Trinajstić information content (AvgIpc) is 2.65. The molecule has 1 aliphatic heterocycles. The van der Waals surface area contributed by atoms with Crippen LogP contribution in [0.3, 0.4) is 0 Å². The van der Waals surface area contributed by atoms with Gasteiger partial charge in [0.05, 0.1) is 5.02 Å². The molecule has 0 amide bonds. The number of nitrogens with zero attached hydrogens (tertiary/aromatic N) is 1. The molecule has 2 aromatic carbocycles. The Labute approximate surface area is 152 Å². The van der Waals surface area contributed by atoms with Gasteiger partial charge in [-0.15, -0.1) is 17.0 Å². The van der Waals surface area contributed by atoms with E-state index in [0.29, 0.717) is 0 Å². The van der Waals surface area contributed by atoms with Crippen molar-refractivity contribution in [3.8, 4) is 11.5 Å². The number of rotatable bonds is 1. The minimum absolute atomic E-state index is 0. The minimum Gasteiger partial charge on any atom is -0.504 e. The zero-order valence-corrected chi connectivity index (χ0v) is 15.7. The second-order valence-electron chi connectivity index (χ2n) is 6.11. The summed E-state index contributed by atoms with van der Waals surface area (Å²) >= 11 is 6.29. The van der Waals surface area contributed by atoms with Gasteiger partial charge >= 0.3 is 0 Å². The van der Waals surface area contributed by atoms with E-state index in [1.165, 1.54) is 11.1 Å². The van der Waals surface area contributed by atoms with Gasteiger partial charge in [-0.2, -0.15) is 0 Å². The molecule has 124 valence electrons. The summed E-state index contributed by atoms with van der Waals surface area (Å²) in [6.07, 6.45) is 0.765. The number of hydrogen-bond donors (Lipinski definition) is 2. The van der Waals surface area contributed by atoms with Gasteiger partial charge < -0.3 is 15.1 Å². The summed E-state index contributed by atoms with van der Waals surface area (Å²) in [6.45, 7) is 3.81. The van der Waals surface area contributed by atoms with Gasteiger partial charge in [-0.1, -0.05) is 41.4 Å². The smallest absolute Gasteiger partial charge is 0.176 e. The van der Waals surface area contributed by atoms with Crippen molar-refractivity contribution in [2.45, 2.75) is 19.3 Å². The molecule has 0 saturated heterocycles. The van der Waals surface area contributed by atoms with Crippen molar-refractivity contribution in [2.75, 3.05) is 20.1 Å². The third-order valence-corrected chi connectivity index (χ3v) is 4.82. The van der Waals surface area contributed by atoms with Crippen LogP contribution in [-0.4, -0.2) is 35.3 Å². The first-order chi connectivity index (χ1) is 10.5. The van der Waals surface area contributed by atoms with Crippen LogP contribution in [0.15, 0.2) is 30.3 Å². The van der Waals surface area contributed by atoms with Gasteiger partial charge in [0.2, 0.25) is 0 Å². The first-order valence-electron chi connectivity index (χ1n) is 7.45. The van der Waals surface area contributed by atoms with Gasteiger partial charge in [0.1, 0.15) is 0 Å². The van der Waals surface area contributed by atoms with Crippen molar-refractivity contribution < 1.29 is 10.2 Å². The molecule has 0 spiro atoms. The van der Waals surface area contributed by atoms with Crippen LogP contribution in [-0.2, 0) is 6.42 Å². The summed E-state index contributed by atoms with van der Waals surface area (Å²) in [7, 11) is 2.09. The van der Waals surface area contributed by atoms with Crippen LogP contribution in [0.5, 0.6) is 11.5 Å². The molecule has 5 heteroatoms. The molecule has 3 nitrogen and oxygen atoms in total. The molecule has 0 fully saturated rings. The number of likely N-dealkylation sites (N-methyl/N-ethyl adjacent to an activating group) is 1. The van der Waals surface area contributed by atoms with E-state index in [2.05, 4.69) is 43.1 Å². The monoisotopic (exact) mass is 397 g/mol. The Morgan fingerprint density at radius 3 is 2.65 bits per heavy atom. The normalized spacial score (nSPS) is 18.0. The van der Waals surface area contributed by atoms with Gasteiger partial charge in [-0.25, -0.2) is 0 Å². The van der Waals surface area contributed by atoms with Crippen molar-refractivity contribution in [3.05, 3.63) is 57.6 Å². The van der Waals surface area contributed by atoms with E-state index < -0.39 is 0 Å². The Morgan fingerprint density at radius 2 is 1.96 bits per heavy atom. The molecule has 0 radical (unpaired) electrons. The molecule has 1 aliphatic rings. The van der Waals surface area contributed by atoms with Crippen molar-refractivity contribution in [1.29, 1.82) is 0 Å².